The number of ketones is 1. The van der Waals surface area contributed by atoms with Gasteiger partial charge in [0, 0.05) is 6.20 Å². The van der Waals surface area contributed by atoms with Crippen molar-refractivity contribution in [2.45, 2.75) is 0 Å². The fourth-order valence-corrected chi connectivity index (χ4v) is 1.28. The first kappa shape index (κ1) is 9.06. The largest absolute Gasteiger partial charge is 0.383 e. The van der Waals surface area contributed by atoms with E-state index in [1.165, 1.54) is 11.8 Å². The van der Waals surface area contributed by atoms with E-state index in [0.717, 1.165) is 0 Å². The maximum Gasteiger partial charge on any atom is 0.176 e. The summed E-state index contributed by atoms with van der Waals surface area (Å²) in [6.45, 7) is 0. The van der Waals surface area contributed by atoms with Gasteiger partial charge in [0.15, 0.2) is 5.78 Å². The maximum atomic E-state index is 11.3. The van der Waals surface area contributed by atoms with E-state index in [-0.39, 0.29) is 5.78 Å². The summed E-state index contributed by atoms with van der Waals surface area (Å²) in [6, 6.07) is 3.41. The molecule has 0 fully saturated rings. The lowest BCUT2D eigenvalue weighted by Crippen LogP contribution is -2.07. The van der Waals surface area contributed by atoms with Gasteiger partial charge in [0.2, 0.25) is 0 Å². The van der Waals surface area contributed by atoms with E-state index < -0.39 is 0 Å². The molecule has 2 N–H and O–H groups in total. The normalized spacial score (nSPS) is 9.75. The molecule has 1 aromatic heterocycles. The lowest BCUT2D eigenvalue weighted by molar-refractivity contribution is 0.102. The van der Waals surface area contributed by atoms with E-state index in [4.69, 9.17) is 5.73 Å². The van der Waals surface area contributed by atoms with Crippen LogP contribution in [-0.2, 0) is 0 Å². The highest BCUT2D eigenvalue weighted by atomic mass is 32.2. The predicted octanol–water partition coefficient (Wildman–Crippen LogP) is 1.21. The molecular weight excluding hydrogens is 172 g/mol. The number of hydrogen-bond acceptors (Lipinski definition) is 4. The predicted molar refractivity (Wildman–Crippen MR) is 51.4 cm³/mol. The topological polar surface area (TPSA) is 56.0 Å². The molecule has 0 aliphatic heterocycles. The standard InChI is InChI=1S/C8H10N2OS/c1-12-5-7(11)6-3-2-4-10-8(6)9/h2-4H,5H2,1H3,(H2,9,10). The SMILES string of the molecule is CSCC(=O)c1cccnc1N. The summed E-state index contributed by atoms with van der Waals surface area (Å²) < 4.78 is 0. The summed E-state index contributed by atoms with van der Waals surface area (Å²) >= 11 is 1.48. The van der Waals surface area contributed by atoms with Crippen LogP contribution in [0.3, 0.4) is 0 Å². The second-order valence-corrected chi connectivity index (χ2v) is 3.16. The van der Waals surface area contributed by atoms with Gasteiger partial charge in [-0.25, -0.2) is 4.98 Å². The van der Waals surface area contributed by atoms with Crippen molar-refractivity contribution in [3.05, 3.63) is 23.9 Å². The van der Waals surface area contributed by atoms with E-state index in [0.29, 0.717) is 17.1 Å². The van der Waals surface area contributed by atoms with Crippen molar-refractivity contribution in [3.63, 3.8) is 0 Å². The zero-order valence-corrected chi connectivity index (χ0v) is 7.60. The Kier molecular flexibility index (Phi) is 3.10. The molecule has 3 nitrogen and oxygen atoms in total. The minimum absolute atomic E-state index is 0.0353. The van der Waals surface area contributed by atoms with Gasteiger partial charge in [-0.05, 0) is 18.4 Å². The van der Waals surface area contributed by atoms with Crippen LogP contribution in [0.4, 0.5) is 5.82 Å². The average molecular weight is 182 g/mol. The third-order valence-electron chi connectivity index (χ3n) is 1.41. The molecule has 0 radical (unpaired) electrons. The molecule has 0 aliphatic rings. The van der Waals surface area contributed by atoms with Crippen LogP contribution in [0.15, 0.2) is 18.3 Å². The number of Topliss-reactive ketones (excluding diaryl/α,β-unsaturated/α-hetero) is 1. The Bertz CT molecular complexity index is 288. The van der Waals surface area contributed by atoms with Crippen molar-refractivity contribution < 1.29 is 4.79 Å². The highest BCUT2D eigenvalue weighted by Gasteiger charge is 2.07. The first-order chi connectivity index (χ1) is 5.75. The van der Waals surface area contributed by atoms with Crippen LogP contribution in [-0.4, -0.2) is 22.8 Å². The fraction of sp³-hybridized carbons (Fsp3) is 0.250. The van der Waals surface area contributed by atoms with Crippen LogP contribution in [0.2, 0.25) is 0 Å². The molecule has 0 aliphatic carbocycles. The van der Waals surface area contributed by atoms with Crippen molar-refractivity contribution >= 4 is 23.4 Å². The molecule has 1 heterocycles. The number of nitrogens with two attached hydrogens (primary N) is 1. The quantitative estimate of drug-likeness (QED) is 0.714. The number of aromatic nitrogens is 1. The van der Waals surface area contributed by atoms with Gasteiger partial charge >= 0.3 is 0 Å². The first-order valence-corrected chi connectivity index (χ1v) is 4.87. The maximum absolute atomic E-state index is 11.3. The van der Waals surface area contributed by atoms with Gasteiger partial charge in [-0.15, -0.1) is 0 Å². The van der Waals surface area contributed by atoms with Crippen LogP contribution < -0.4 is 5.73 Å². The summed E-state index contributed by atoms with van der Waals surface area (Å²) in [5.41, 5.74) is 6.03. The Balaban J connectivity index is 2.87. The highest BCUT2D eigenvalue weighted by Crippen LogP contribution is 2.09. The Morgan fingerprint density at radius 2 is 2.50 bits per heavy atom. The third-order valence-corrected chi connectivity index (χ3v) is 1.97. The highest BCUT2D eigenvalue weighted by molar-refractivity contribution is 7.99. The van der Waals surface area contributed by atoms with Gasteiger partial charge in [-0.3, -0.25) is 4.79 Å². The van der Waals surface area contributed by atoms with Crippen molar-refractivity contribution in [1.82, 2.24) is 4.98 Å². The summed E-state index contributed by atoms with van der Waals surface area (Å²) in [4.78, 5) is 15.2. The molecule has 0 saturated heterocycles. The number of rotatable bonds is 3. The second-order valence-electron chi connectivity index (χ2n) is 2.29. The minimum atomic E-state index is 0.0353. The Morgan fingerprint density at radius 3 is 3.08 bits per heavy atom. The molecule has 1 aromatic rings. The van der Waals surface area contributed by atoms with E-state index >= 15 is 0 Å². The number of nitrogens with zero attached hydrogens (tertiary/aromatic N) is 1. The number of nitrogen functional groups attached to an aromatic ring is 1. The summed E-state index contributed by atoms with van der Waals surface area (Å²) in [6.07, 6.45) is 3.45. The smallest absolute Gasteiger partial charge is 0.176 e. The molecule has 0 saturated carbocycles. The van der Waals surface area contributed by atoms with Crippen LogP contribution in [0, 0.1) is 0 Å². The number of carbonyl (C=O) groups is 1. The Morgan fingerprint density at radius 1 is 1.75 bits per heavy atom. The minimum Gasteiger partial charge on any atom is -0.383 e. The fourth-order valence-electron chi connectivity index (χ4n) is 0.862. The van der Waals surface area contributed by atoms with Crippen LogP contribution in [0.25, 0.3) is 0 Å². The molecule has 12 heavy (non-hydrogen) atoms. The van der Waals surface area contributed by atoms with Crippen LogP contribution in [0.1, 0.15) is 10.4 Å². The van der Waals surface area contributed by atoms with Crippen LogP contribution >= 0.6 is 11.8 Å². The lowest BCUT2D eigenvalue weighted by atomic mass is 10.2. The van der Waals surface area contributed by atoms with Gasteiger partial charge < -0.3 is 5.73 Å². The molecular formula is C8H10N2OS. The zero-order chi connectivity index (χ0) is 8.97. The third kappa shape index (κ3) is 1.98. The lowest BCUT2D eigenvalue weighted by Gasteiger charge is -2.00. The Hall–Kier alpha value is -1.03. The average Bonchev–Trinajstić information content (AvgIpc) is 2.05. The van der Waals surface area contributed by atoms with Crippen molar-refractivity contribution in [2.24, 2.45) is 0 Å². The van der Waals surface area contributed by atoms with Gasteiger partial charge in [0.05, 0.1) is 11.3 Å². The molecule has 0 bridgehead atoms. The Labute approximate surface area is 75.4 Å². The van der Waals surface area contributed by atoms with Gasteiger partial charge in [0.25, 0.3) is 0 Å². The molecule has 0 aromatic carbocycles. The number of hydrogen-bond donors (Lipinski definition) is 1. The van der Waals surface area contributed by atoms with Gasteiger partial charge in [-0.1, -0.05) is 0 Å². The molecule has 0 atom stereocenters. The molecule has 0 amide bonds. The summed E-state index contributed by atoms with van der Waals surface area (Å²) in [5, 5.41) is 0. The van der Waals surface area contributed by atoms with E-state index in [2.05, 4.69) is 4.98 Å². The van der Waals surface area contributed by atoms with Crippen molar-refractivity contribution in [2.75, 3.05) is 17.7 Å². The number of thioether (sulfide) groups is 1. The summed E-state index contributed by atoms with van der Waals surface area (Å²) in [5.74, 6) is 0.806. The number of carbonyl (C=O) groups excluding carboxylic acids is 1. The van der Waals surface area contributed by atoms with Crippen molar-refractivity contribution in [1.29, 1.82) is 0 Å². The summed E-state index contributed by atoms with van der Waals surface area (Å²) in [7, 11) is 0. The van der Waals surface area contributed by atoms with Crippen LogP contribution in [0.5, 0.6) is 0 Å². The van der Waals surface area contributed by atoms with E-state index in [9.17, 15) is 4.79 Å². The van der Waals surface area contributed by atoms with E-state index in [1.807, 2.05) is 6.26 Å². The molecule has 64 valence electrons. The number of anilines is 1. The molecule has 0 unspecified atom stereocenters. The zero-order valence-electron chi connectivity index (χ0n) is 6.78. The van der Waals surface area contributed by atoms with Gasteiger partial charge in [0.1, 0.15) is 5.82 Å². The molecule has 1 rings (SSSR count). The number of pyridine rings is 1. The molecule has 0 spiro atoms. The monoisotopic (exact) mass is 182 g/mol. The van der Waals surface area contributed by atoms with Gasteiger partial charge in [-0.2, -0.15) is 11.8 Å². The van der Waals surface area contributed by atoms with Crippen molar-refractivity contribution in [3.8, 4) is 0 Å². The van der Waals surface area contributed by atoms with E-state index in [1.54, 1.807) is 18.3 Å². The first-order valence-electron chi connectivity index (χ1n) is 3.48. The second kappa shape index (κ2) is 4.11. The molecule has 4 heteroatoms.